The summed E-state index contributed by atoms with van der Waals surface area (Å²) in [5.74, 6) is -0.351. The fourth-order valence-corrected chi connectivity index (χ4v) is 5.34. The largest absolute Gasteiger partial charge is 0.361 e. The number of nitrogens with zero attached hydrogens (tertiary/aromatic N) is 2. The molecule has 1 aromatic heterocycles. The molecule has 6 nitrogen and oxygen atoms in total. The van der Waals surface area contributed by atoms with E-state index in [1.807, 2.05) is 66.6 Å². The molecule has 35 heavy (non-hydrogen) atoms. The number of fused-ring (bicyclic) bond motifs is 1. The summed E-state index contributed by atoms with van der Waals surface area (Å²) in [4.78, 5) is 33.3. The number of hydrogen-bond acceptors (Lipinski definition) is 3. The van der Waals surface area contributed by atoms with Gasteiger partial charge in [-0.15, -0.1) is 0 Å². The maximum absolute atomic E-state index is 13.6. The van der Waals surface area contributed by atoms with E-state index < -0.39 is 6.04 Å². The van der Waals surface area contributed by atoms with Crippen molar-refractivity contribution in [1.29, 1.82) is 0 Å². The van der Waals surface area contributed by atoms with Crippen molar-refractivity contribution in [2.45, 2.75) is 51.5 Å². The number of benzene rings is 2. The summed E-state index contributed by atoms with van der Waals surface area (Å²) in [5, 5.41) is 4.52. The SMILES string of the molecule is Cc1ccc(N2C(=O)C(CC(=O)Nc3ccc4cc[nH]c4c3)N(CCC3=CCCCC3)C2=S)cc1. The Morgan fingerprint density at radius 3 is 2.74 bits per heavy atom. The minimum absolute atomic E-state index is 0.0448. The highest BCUT2D eigenvalue weighted by molar-refractivity contribution is 7.80. The molecule has 0 bridgehead atoms. The van der Waals surface area contributed by atoms with Gasteiger partial charge >= 0.3 is 0 Å². The second-order valence-electron chi connectivity index (χ2n) is 9.39. The average molecular weight is 487 g/mol. The Labute approximate surface area is 211 Å². The lowest BCUT2D eigenvalue weighted by molar-refractivity contribution is -0.124. The van der Waals surface area contributed by atoms with Crippen LogP contribution in [0.2, 0.25) is 0 Å². The van der Waals surface area contributed by atoms with Crippen molar-refractivity contribution in [1.82, 2.24) is 9.88 Å². The third-order valence-corrected chi connectivity index (χ3v) is 7.30. The van der Waals surface area contributed by atoms with E-state index in [1.54, 1.807) is 4.90 Å². The number of anilines is 2. The van der Waals surface area contributed by atoms with Gasteiger partial charge < -0.3 is 15.2 Å². The number of carbonyl (C=O) groups is 2. The first-order valence-corrected chi connectivity index (χ1v) is 12.7. The van der Waals surface area contributed by atoms with Gasteiger partial charge in [0.25, 0.3) is 5.91 Å². The van der Waals surface area contributed by atoms with Gasteiger partial charge in [0.15, 0.2) is 5.11 Å². The molecule has 180 valence electrons. The van der Waals surface area contributed by atoms with Crippen LogP contribution in [-0.2, 0) is 9.59 Å². The van der Waals surface area contributed by atoms with E-state index >= 15 is 0 Å². The number of carbonyl (C=O) groups excluding carboxylic acids is 2. The summed E-state index contributed by atoms with van der Waals surface area (Å²) < 4.78 is 0. The first-order valence-electron chi connectivity index (χ1n) is 12.3. The molecule has 7 heteroatoms. The maximum Gasteiger partial charge on any atom is 0.256 e. The number of nitrogens with one attached hydrogen (secondary N) is 2. The first-order chi connectivity index (χ1) is 17.0. The number of aromatic amines is 1. The molecule has 2 amide bonds. The van der Waals surface area contributed by atoms with Crippen LogP contribution >= 0.6 is 12.2 Å². The molecule has 3 aromatic rings. The van der Waals surface area contributed by atoms with Crippen molar-refractivity contribution in [3.05, 3.63) is 71.9 Å². The van der Waals surface area contributed by atoms with Crippen LogP contribution in [-0.4, -0.2) is 39.4 Å². The molecule has 1 saturated heterocycles. The molecule has 0 radical (unpaired) electrons. The molecule has 2 aromatic carbocycles. The summed E-state index contributed by atoms with van der Waals surface area (Å²) >= 11 is 5.80. The highest BCUT2D eigenvalue weighted by atomic mass is 32.1. The normalized spacial score (nSPS) is 18.3. The number of H-pyrrole nitrogens is 1. The number of rotatable bonds is 7. The van der Waals surface area contributed by atoms with Gasteiger partial charge in [0, 0.05) is 23.9 Å². The summed E-state index contributed by atoms with van der Waals surface area (Å²) in [6.07, 6.45) is 9.76. The van der Waals surface area contributed by atoms with Gasteiger partial charge in [-0.3, -0.25) is 14.5 Å². The number of allylic oxidation sites excluding steroid dienone is 1. The van der Waals surface area contributed by atoms with Gasteiger partial charge in [-0.1, -0.05) is 35.4 Å². The third kappa shape index (κ3) is 5.00. The van der Waals surface area contributed by atoms with E-state index in [-0.39, 0.29) is 18.2 Å². The predicted octanol–water partition coefficient (Wildman–Crippen LogP) is 5.70. The zero-order valence-corrected chi connectivity index (χ0v) is 20.7. The van der Waals surface area contributed by atoms with Crippen molar-refractivity contribution >= 4 is 51.4 Å². The standard InChI is InChI=1S/C28H30N4O2S/c1-19-7-11-23(12-8-19)32-27(34)25(31(28(32)35)16-14-20-5-3-2-4-6-20)18-26(33)30-22-10-9-21-13-15-29-24(21)17-22/h5,7-13,15,17,25,29H,2-4,6,14,16,18H2,1H3,(H,30,33). The lowest BCUT2D eigenvalue weighted by atomic mass is 9.97. The van der Waals surface area contributed by atoms with Crippen molar-refractivity contribution in [2.24, 2.45) is 0 Å². The fraction of sp³-hybridized carbons (Fsp3) is 0.321. The Morgan fingerprint density at radius 2 is 1.97 bits per heavy atom. The van der Waals surface area contributed by atoms with Crippen LogP contribution in [0.1, 0.15) is 44.1 Å². The first kappa shape index (κ1) is 23.3. The monoisotopic (exact) mass is 486 g/mol. The molecule has 1 aliphatic heterocycles. The van der Waals surface area contributed by atoms with E-state index in [0.717, 1.165) is 41.4 Å². The quantitative estimate of drug-likeness (QED) is 0.332. The third-order valence-electron chi connectivity index (χ3n) is 6.89. The molecule has 1 aliphatic carbocycles. The van der Waals surface area contributed by atoms with E-state index in [0.29, 0.717) is 17.3 Å². The zero-order valence-electron chi connectivity index (χ0n) is 19.9. The highest BCUT2D eigenvalue weighted by Gasteiger charge is 2.43. The van der Waals surface area contributed by atoms with Crippen LogP contribution < -0.4 is 10.2 Å². The lowest BCUT2D eigenvalue weighted by Gasteiger charge is -2.25. The molecule has 1 atom stereocenters. The van der Waals surface area contributed by atoms with E-state index in [9.17, 15) is 9.59 Å². The highest BCUT2D eigenvalue weighted by Crippen LogP contribution is 2.29. The second-order valence-corrected chi connectivity index (χ2v) is 9.76. The topological polar surface area (TPSA) is 68.4 Å². The number of thiocarbonyl (C=S) groups is 1. The van der Waals surface area contributed by atoms with E-state index in [2.05, 4.69) is 16.4 Å². The van der Waals surface area contributed by atoms with Crippen LogP contribution in [0.15, 0.2) is 66.4 Å². The Balaban J connectivity index is 1.35. The number of aryl methyl sites for hydroxylation is 1. The van der Waals surface area contributed by atoms with Crippen LogP contribution in [0, 0.1) is 6.92 Å². The van der Waals surface area contributed by atoms with Crippen molar-refractivity contribution in [3.8, 4) is 0 Å². The summed E-state index contributed by atoms with van der Waals surface area (Å²) in [7, 11) is 0. The molecule has 0 spiro atoms. The molecular formula is C28H30N4O2S. The van der Waals surface area contributed by atoms with Crippen molar-refractivity contribution in [3.63, 3.8) is 0 Å². The molecule has 1 fully saturated rings. The molecule has 0 saturated carbocycles. The molecular weight excluding hydrogens is 456 g/mol. The van der Waals surface area contributed by atoms with Gasteiger partial charge in [-0.2, -0.15) is 0 Å². The molecule has 1 unspecified atom stereocenters. The van der Waals surface area contributed by atoms with E-state index in [4.69, 9.17) is 12.2 Å². The minimum atomic E-state index is -0.623. The maximum atomic E-state index is 13.6. The molecule has 2 N–H and O–H groups in total. The van der Waals surface area contributed by atoms with Crippen LogP contribution in [0.4, 0.5) is 11.4 Å². The molecule has 2 heterocycles. The Bertz CT molecular complexity index is 1290. The summed E-state index contributed by atoms with van der Waals surface area (Å²) in [5.41, 5.74) is 4.93. The summed E-state index contributed by atoms with van der Waals surface area (Å²) in [6.45, 7) is 2.64. The Kier molecular flexibility index (Phi) is 6.68. The Morgan fingerprint density at radius 1 is 1.14 bits per heavy atom. The van der Waals surface area contributed by atoms with Crippen LogP contribution in [0.3, 0.4) is 0 Å². The summed E-state index contributed by atoms with van der Waals surface area (Å²) in [6, 6.07) is 14.9. The predicted molar refractivity (Wildman–Crippen MR) is 144 cm³/mol. The number of amides is 2. The van der Waals surface area contributed by atoms with Gasteiger partial charge in [-0.25, -0.2) is 0 Å². The van der Waals surface area contributed by atoms with Crippen LogP contribution in [0.5, 0.6) is 0 Å². The van der Waals surface area contributed by atoms with Gasteiger partial charge in [-0.05, 0) is 87.0 Å². The smallest absolute Gasteiger partial charge is 0.256 e. The molecule has 5 rings (SSSR count). The second kappa shape index (κ2) is 10.0. The Hall–Kier alpha value is -3.45. The van der Waals surface area contributed by atoms with Crippen molar-refractivity contribution in [2.75, 3.05) is 16.8 Å². The van der Waals surface area contributed by atoms with Crippen LogP contribution in [0.25, 0.3) is 10.9 Å². The van der Waals surface area contributed by atoms with Gasteiger partial charge in [0.2, 0.25) is 5.91 Å². The number of hydrogen-bond donors (Lipinski definition) is 2. The molecule has 2 aliphatic rings. The van der Waals surface area contributed by atoms with Gasteiger partial charge in [0.05, 0.1) is 12.1 Å². The van der Waals surface area contributed by atoms with Gasteiger partial charge in [0.1, 0.15) is 6.04 Å². The number of aromatic nitrogens is 1. The van der Waals surface area contributed by atoms with E-state index in [1.165, 1.54) is 18.4 Å². The van der Waals surface area contributed by atoms with Crippen molar-refractivity contribution < 1.29 is 9.59 Å². The average Bonchev–Trinajstić information content (AvgIpc) is 3.41. The minimum Gasteiger partial charge on any atom is -0.361 e. The lowest BCUT2D eigenvalue weighted by Crippen LogP contribution is -2.38. The zero-order chi connectivity index (χ0) is 24.4. The fourth-order valence-electron chi connectivity index (χ4n) is 4.93.